The molecule has 4 N–H and O–H groups in total. The van der Waals surface area contributed by atoms with E-state index in [-0.39, 0.29) is 37.8 Å². The number of alkyl halides is 9. The van der Waals surface area contributed by atoms with E-state index >= 15 is 0 Å². The molecule has 25 nitrogen and oxygen atoms in total. The van der Waals surface area contributed by atoms with Crippen LogP contribution in [0.3, 0.4) is 0 Å². The van der Waals surface area contributed by atoms with E-state index in [1.165, 1.54) is 31.0 Å². The number of hydrogen-bond acceptors (Lipinski definition) is 17. The van der Waals surface area contributed by atoms with Crippen molar-refractivity contribution in [2.75, 3.05) is 77.3 Å². The summed E-state index contributed by atoms with van der Waals surface area (Å²) in [7, 11) is -6.83. The van der Waals surface area contributed by atoms with Gasteiger partial charge in [0, 0.05) is 71.0 Å². The number of methoxy groups -OCH3 is 2. The minimum Gasteiger partial charge on any atom is -0.476 e. The molecule has 9 aromatic rings. The molecule has 0 radical (unpaired) electrons. The molecule has 108 heavy (non-hydrogen) atoms. The number of carbonyl (C=O) groups excluding carboxylic acids is 2. The summed E-state index contributed by atoms with van der Waals surface area (Å²) >= 11 is 39.0. The maximum atomic E-state index is 13.5. The van der Waals surface area contributed by atoms with Crippen molar-refractivity contribution < 1.29 is 93.7 Å². The number of amides is 2. The van der Waals surface area contributed by atoms with Crippen LogP contribution in [0.4, 0.5) is 73.6 Å². The summed E-state index contributed by atoms with van der Waals surface area (Å²) in [6.07, 6.45) is -11.4. The maximum absolute atomic E-state index is 13.5. The molecular weight excluding hydrogens is 1660 g/mol. The average Bonchev–Trinajstić information content (AvgIpc) is 0.816. The first-order valence-corrected chi connectivity index (χ1v) is 36.1. The summed E-state index contributed by atoms with van der Waals surface area (Å²) in [5.41, 5.74) is 1.68. The highest BCUT2D eigenvalue weighted by Crippen LogP contribution is 2.41. The van der Waals surface area contributed by atoms with Crippen LogP contribution in [0.2, 0.25) is 30.1 Å². The molecule has 576 valence electrons. The first-order chi connectivity index (χ1) is 50.5. The number of pyridine rings is 3. The number of anilines is 6. The number of ether oxygens (including phenoxy) is 2. The number of hydrogen-bond donors (Lipinski definition) is 4. The Hall–Kier alpha value is -9.25. The first kappa shape index (κ1) is 89.4. The highest BCUT2D eigenvalue weighted by molar-refractivity contribution is 7.93. The fourth-order valence-electron chi connectivity index (χ4n) is 8.61. The zero-order valence-electron chi connectivity index (χ0n) is 55.4. The van der Waals surface area contributed by atoms with Crippen molar-refractivity contribution in [3.63, 3.8) is 0 Å². The predicted octanol–water partition coefficient (Wildman–Crippen LogP) is 18.1. The van der Waals surface area contributed by atoms with Gasteiger partial charge >= 0.3 is 24.5 Å². The second-order valence-corrected chi connectivity index (χ2v) is 28.8. The van der Waals surface area contributed by atoms with Crippen LogP contribution >= 0.6 is 81.4 Å². The molecular formula is C64H53Cl7F9N13O12S3. The normalized spacial score (nSPS) is 11.5. The molecule has 44 heteroatoms. The number of rotatable bonds is 20. The van der Waals surface area contributed by atoms with Crippen LogP contribution in [-0.2, 0) is 58.1 Å². The molecule has 0 saturated carbocycles. The van der Waals surface area contributed by atoms with Crippen molar-refractivity contribution in [3.8, 4) is 0 Å². The zero-order valence-corrected chi connectivity index (χ0v) is 63.2. The van der Waals surface area contributed by atoms with E-state index in [1.54, 1.807) is 60.7 Å². The van der Waals surface area contributed by atoms with E-state index in [4.69, 9.17) is 84.6 Å². The molecule has 0 bridgehead atoms. The summed E-state index contributed by atoms with van der Waals surface area (Å²) in [5.74, 6) is -2.93. The molecule has 0 aliphatic rings. The van der Waals surface area contributed by atoms with Gasteiger partial charge in [-0.1, -0.05) is 129 Å². The van der Waals surface area contributed by atoms with Crippen molar-refractivity contribution in [1.29, 1.82) is 5.53 Å². The quantitative estimate of drug-likeness (QED) is 0.0238. The van der Waals surface area contributed by atoms with Crippen LogP contribution in [0, 0.1) is 5.53 Å². The van der Waals surface area contributed by atoms with Crippen molar-refractivity contribution in [2.24, 2.45) is 15.1 Å². The Balaban J connectivity index is 0.000000268. The van der Waals surface area contributed by atoms with Gasteiger partial charge in [0.15, 0.2) is 17.1 Å². The van der Waals surface area contributed by atoms with Crippen molar-refractivity contribution >= 4 is 163 Å². The van der Waals surface area contributed by atoms with Crippen molar-refractivity contribution in [1.82, 2.24) is 15.0 Å². The van der Waals surface area contributed by atoms with Crippen LogP contribution in [0.15, 0.2) is 212 Å². The van der Waals surface area contributed by atoms with Gasteiger partial charge in [-0.05, 0) is 120 Å². The Morgan fingerprint density at radius 1 is 0.509 bits per heavy atom. The van der Waals surface area contributed by atoms with Gasteiger partial charge in [-0.3, -0.25) is 14.3 Å². The van der Waals surface area contributed by atoms with E-state index in [1.807, 2.05) is 37.4 Å². The van der Waals surface area contributed by atoms with Gasteiger partial charge in [0.05, 0.1) is 90.4 Å². The lowest BCUT2D eigenvalue weighted by atomic mass is 10.2. The van der Waals surface area contributed by atoms with Gasteiger partial charge in [0.2, 0.25) is 0 Å². The Bertz CT molecular complexity index is 5050. The minimum atomic E-state index is -4.90. The largest absolute Gasteiger partial charge is 0.476 e. The molecule has 3 heterocycles. The molecule has 0 aliphatic heterocycles. The molecule has 0 spiro atoms. The Kier molecular flexibility index (Phi) is 32.5. The highest BCUT2D eigenvalue weighted by Gasteiger charge is 2.40. The van der Waals surface area contributed by atoms with Crippen LogP contribution in [0.25, 0.3) is 0 Å². The fraction of sp³-hybridized carbons (Fsp3) is 0.156. The summed E-state index contributed by atoms with van der Waals surface area (Å²) < 4.78 is 213. The number of carbonyl (C=O) groups is 3. The number of halogens is 16. The second kappa shape index (κ2) is 39.2. The van der Waals surface area contributed by atoms with Gasteiger partial charge in [0.1, 0.15) is 13.5 Å². The van der Waals surface area contributed by atoms with Crippen LogP contribution in [0.5, 0.6) is 0 Å². The Morgan fingerprint density at radius 3 is 1.19 bits per heavy atom. The SMILES string of the molecule is CN(C(=O)c1ncc(Cl)cc1NS(=O)(=O)c1ccc(Cl)c(C(F)(F)F)c1)c1ccccc1.CNc1ccccc1.COCN(c1cc(Cl)cnc1C(=O)N(C)c1ccccc1)S(=O)(=O)c1ccc(Cl)c(C(F)(F)F)c1.COCN(c1cc(Cl)cnc1C(=O)O)S(=O)(=O)c1ccc(Cl)c(C(F)(F)F)c1.N=NN=NCl. The van der Waals surface area contributed by atoms with Crippen molar-refractivity contribution in [2.45, 2.75) is 33.2 Å². The van der Waals surface area contributed by atoms with E-state index in [2.05, 4.69) is 51.8 Å². The second-order valence-electron chi connectivity index (χ2n) is 20.7. The minimum absolute atomic E-state index is 0.00806. The predicted molar refractivity (Wildman–Crippen MR) is 388 cm³/mol. The van der Waals surface area contributed by atoms with Crippen LogP contribution in [-0.4, -0.2) is 112 Å². The van der Waals surface area contributed by atoms with E-state index in [0.29, 0.717) is 38.2 Å². The topological polar surface area (TPSA) is 329 Å². The molecule has 0 unspecified atom stereocenters. The lowest BCUT2D eigenvalue weighted by Crippen LogP contribution is -2.36. The maximum Gasteiger partial charge on any atom is 0.417 e. The number of nitrogens with zero attached hydrogens (tertiary/aromatic N) is 10. The van der Waals surface area contributed by atoms with Gasteiger partial charge in [-0.2, -0.15) is 45.0 Å². The third-order valence-electron chi connectivity index (χ3n) is 13.7. The molecule has 2 amide bonds. The summed E-state index contributed by atoms with van der Waals surface area (Å²) in [6, 6.07) is 36.6. The monoisotopic (exact) mass is 1710 g/mol. The number of para-hydroxylation sites is 3. The fourth-order valence-corrected chi connectivity index (χ4v) is 13.7. The third kappa shape index (κ3) is 24.1. The molecule has 3 aromatic heterocycles. The van der Waals surface area contributed by atoms with Gasteiger partial charge in [-0.25, -0.2) is 53.6 Å². The molecule has 6 aromatic carbocycles. The van der Waals surface area contributed by atoms with E-state index in [9.17, 15) is 84.3 Å². The van der Waals surface area contributed by atoms with Gasteiger partial charge in [0.25, 0.3) is 41.9 Å². The molecule has 0 atom stereocenters. The van der Waals surface area contributed by atoms with Crippen LogP contribution < -0.4 is 28.4 Å². The molecule has 9 rings (SSSR count). The lowest BCUT2D eigenvalue weighted by molar-refractivity contribution is -0.138. The first-order valence-electron chi connectivity index (χ1n) is 29.1. The number of sulfonamides is 3. The van der Waals surface area contributed by atoms with E-state index in [0.717, 1.165) is 86.0 Å². The number of nitrogens with one attached hydrogen (secondary N) is 3. The van der Waals surface area contributed by atoms with E-state index < -0.39 is 138 Å². The number of aromatic nitrogens is 3. The Labute approximate surface area is 645 Å². The number of benzene rings is 6. The highest BCUT2D eigenvalue weighted by atomic mass is 35.5. The van der Waals surface area contributed by atoms with Crippen molar-refractivity contribution in [3.05, 3.63) is 246 Å². The summed E-state index contributed by atoms with van der Waals surface area (Å²) in [4.78, 5) is 49.4. The average molecular weight is 1710 g/mol. The molecule has 0 aliphatic carbocycles. The number of carboxylic acids is 1. The van der Waals surface area contributed by atoms with Gasteiger partial charge < -0.3 is 29.7 Å². The summed E-state index contributed by atoms with van der Waals surface area (Å²) in [5, 5.41) is 15.3. The van der Waals surface area contributed by atoms with Gasteiger partial charge in [-0.15, -0.1) is 0 Å². The summed E-state index contributed by atoms with van der Waals surface area (Å²) in [6.45, 7) is -1.36. The number of aromatic carboxylic acids is 1. The molecule has 0 saturated heterocycles. The molecule has 0 fully saturated rings. The lowest BCUT2D eigenvalue weighted by Gasteiger charge is -2.27. The Morgan fingerprint density at radius 2 is 0.852 bits per heavy atom. The third-order valence-corrected chi connectivity index (χ3v) is 20.2. The zero-order chi connectivity index (χ0) is 80.9. The number of carboxylic acid groups (broad SMARTS) is 1. The van der Waals surface area contributed by atoms with Crippen LogP contribution in [0.1, 0.15) is 48.2 Å². The standard InChI is InChI=1S/C22H18Cl2F3N3O4S.C20H14Cl2F3N3O3S.C15H11Cl2F3N2O5S.C7H9N.ClHN4/c1-29(15-6-4-3-5-7-15)21(31)20-19(10-14(23)12-28-20)30(13-34-2)35(32,33)16-8-9-18(24)17(11-16)22(25,26)27;1-28(13-5-3-2-4-6-13)19(29)18-17(9-12(21)11-26-18)27-32(30,31)14-7-8-16(22)15(10-14)20(23,24)25;1-27-7-22(12-4-8(16)6-21-13(12)14(23)24)28(25,26)9-2-3-11(17)10(5-9)15(18,19)20;1-8-7-5-3-2-4-6-7;1-3-5-4-2/h3-12H,13H2,1-2H3;2-11,27H,1H3;2-6H,7H2,1H3,(H,23,24);2-6,8H,1H3;2H. The smallest absolute Gasteiger partial charge is 0.417 e.